The Bertz CT molecular complexity index is 834. The number of likely N-dealkylation sites (tertiary alicyclic amines) is 1. The molecule has 1 aromatic rings. The zero-order valence-corrected chi connectivity index (χ0v) is 18.1. The van der Waals surface area contributed by atoms with E-state index in [1.54, 1.807) is 0 Å². The minimum absolute atomic E-state index is 0.0416. The lowest BCUT2D eigenvalue weighted by Crippen LogP contribution is -2.53. The monoisotopic (exact) mass is 412 g/mol. The third-order valence-electron chi connectivity index (χ3n) is 5.52. The van der Waals surface area contributed by atoms with Gasteiger partial charge in [0.1, 0.15) is 6.04 Å². The molecule has 7 nitrogen and oxygen atoms in total. The van der Waals surface area contributed by atoms with Gasteiger partial charge in [-0.15, -0.1) is 0 Å². The number of aliphatic imine (C=N–C) groups is 1. The number of benzene rings is 1. The fraction of sp³-hybridized carbons (Fsp3) is 0.522. The Hall–Kier alpha value is -2.67. The van der Waals surface area contributed by atoms with Crippen molar-refractivity contribution in [3.05, 3.63) is 41.5 Å². The molecule has 0 aliphatic carbocycles. The fourth-order valence-corrected chi connectivity index (χ4v) is 3.77. The van der Waals surface area contributed by atoms with Crippen LogP contribution < -0.4 is 11.1 Å². The van der Waals surface area contributed by atoms with Gasteiger partial charge in [-0.3, -0.25) is 4.79 Å². The molecule has 3 amide bonds. The summed E-state index contributed by atoms with van der Waals surface area (Å²) < 4.78 is 5.57. The summed E-state index contributed by atoms with van der Waals surface area (Å²) in [5.41, 5.74) is 8.70. The van der Waals surface area contributed by atoms with Crippen LogP contribution in [0.3, 0.4) is 0 Å². The van der Waals surface area contributed by atoms with E-state index < -0.39 is 17.5 Å². The highest BCUT2D eigenvalue weighted by molar-refractivity contribution is 6.11. The Kier molecular flexibility index (Phi) is 6.92. The number of hydrogen-bond acceptors (Lipinski definition) is 4. The topological polar surface area (TPSA) is 97.0 Å². The molecule has 2 heterocycles. The first-order chi connectivity index (χ1) is 14.3. The first-order valence-corrected chi connectivity index (χ1v) is 10.6. The summed E-state index contributed by atoms with van der Waals surface area (Å²) >= 11 is 0. The SMILES string of the molecule is CC(C)(C)[C@H](NC(=O)N=C1CCOCC1=C(N)c1ccccc1)C(=O)N1CCCC1. The number of carbonyl (C=O) groups is 2. The van der Waals surface area contributed by atoms with Crippen LogP contribution in [0.15, 0.2) is 40.9 Å². The van der Waals surface area contributed by atoms with Gasteiger partial charge in [0.2, 0.25) is 5.91 Å². The first kappa shape index (κ1) is 22.0. The zero-order chi connectivity index (χ0) is 21.7. The summed E-state index contributed by atoms with van der Waals surface area (Å²) in [5, 5.41) is 2.86. The minimum atomic E-state index is -0.633. The lowest BCUT2D eigenvalue weighted by Gasteiger charge is -2.33. The number of hydrogen-bond donors (Lipinski definition) is 2. The Morgan fingerprint density at radius 3 is 2.47 bits per heavy atom. The number of rotatable bonds is 3. The second kappa shape index (κ2) is 9.43. The van der Waals surface area contributed by atoms with Crippen LogP contribution in [0.5, 0.6) is 0 Å². The molecule has 2 fully saturated rings. The molecule has 0 spiro atoms. The van der Waals surface area contributed by atoms with Crippen molar-refractivity contribution < 1.29 is 14.3 Å². The van der Waals surface area contributed by atoms with Crippen LogP contribution in [0.1, 0.15) is 45.6 Å². The molecule has 1 atom stereocenters. The van der Waals surface area contributed by atoms with Gasteiger partial charge in [0.15, 0.2) is 0 Å². The highest BCUT2D eigenvalue weighted by Crippen LogP contribution is 2.24. The van der Waals surface area contributed by atoms with Crippen molar-refractivity contribution >= 4 is 23.3 Å². The van der Waals surface area contributed by atoms with E-state index in [1.807, 2.05) is 56.0 Å². The van der Waals surface area contributed by atoms with Crippen molar-refractivity contribution in [2.45, 2.75) is 46.1 Å². The number of ether oxygens (including phenoxy) is 1. The maximum Gasteiger partial charge on any atom is 0.341 e. The average molecular weight is 413 g/mol. The minimum Gasteiger partial charge on any atom is -0.398 e. The summed E-state index contributed by atoms with van der Waals surface area (Å²) in [6.07, 6.45) is 2.51. The second-order valence-electron chi connectivity index (χ2n) is 8.90. The summed E-state index contributed by atoms with van der Waals surface area (Å²) in [6.45, 7) is 8.13. The van der Waals surface area contributed by atoms with Crippen LogP contribution in [-0.4, -0.2) is 54.9 Å². The summed E-state index contributed by atoms with van der Waals surface area (Å²) in [7, 11) is 0. The van der Waals surface area contributed by atoms with E-state index in [4.69, 9.17) is 10.5 Å². The molecule has 3 rings (SSSR count). The maximum absolute atomic E-state index is 13.0. The average Bonchev–Trinajstić information content (AvgIpc) is 3.26. The lowest BCUT2D eigenvalue weighted by atomic mass is 9.86. The van der Waals surface area contributed by atoms with Gasteiger partial charge in [0, 0.05) is 30.8 Å². The summed E-state index contributed by atoms with van der Waals surface area (Å²) in [4.78, 5) is 31.9. The second-order valence-corrected chi connectivity index (χ2v) is 8.90. The van der Waals surface area contributed by atoms with Gasteiger partial charge in [-0.25, -0.2) is 4.79 Å². The molecule has 0 unspecified atom stereocenters. The largest absolute Gasteiger partial charge is 0.398 e. The molecule has 0 saturated carbocycles. The summed E-state index contributed by atoms with van der Waals surface area (Å²) in [6, 6.07) is 8.43. The third kappa shape index (κ3) is 5.27. The van der Waals surface area contributed by atoms with Crippen LogP contribution in [-0.2, 0) is 9.53 Å². The molecule has 3 N–H and O–H groups in total. The van der Waals surface area contributed by atoms with Crippen molar-refractivity contribution in [3.63, 3.8) is 0 Å². The van der Waals surface area contributed by atoms with Crippen LogP contribution >= 0.6 is 0 Å². The number of nitrogens with one attached hydrogen (secondary N) is 1. The molecule has 2 aliphatic heterocycles. The highest BCUT2D eigenvalue weighted by atomic mass is 16.5. The molecule has 0 radical (unpaired) electrons. The molecule has 0 aromatic heterocycles. The van der Waals surface area contributed by atoms with Gasteiger partial charge in [0.25, 0.3) is 0 Å². The quantitative estimate of drug-likeness (QED) is 0.798. The van der Waals surface area contributed by atoms with Gasteiger partial charge in [-0.05, 0) is 23.8 Å². The van der Waals surface area contributed by atoms with E-state index in [0.29, 0.717) is 31.0 Å². The number of amides is 3. The first-order valence-electron chi connectivity index (χ1n) is 10.6. The fourth-order valence-electron chi connectivity index (χ4n) is 3.77. The van der Waals surface area contributed by atoms with E-state index >= 15 is 0 Å². The maximum atomic E-state index is 13.0. The van der Waals surface area contributed by atoms with E-state index in [-0.39, 0.29) is 5.91 Å². The lowest BCUT2D eigenvalue weighted by molar-refractivity contribution is -0.134. The van der Waals surface area contributed by atoms with Gasteiger partial charge in [-0.1, -0.05) is 51.1 Å². The zero-order valence-electron chi connectivity index (χ0n) is 18.1. The number of carbonyl (C=O) groups excluding carboxylic acids is 2. The van der Waals surface area contributed by atoms with Gasteiger partial charge < -0.3 is 20.7 Å². The van der Waals surface area contributed by atoms with Crippen molar-refractivity contribution in [1.82, 2.24) is 10.2 Å². The van der Waals surface area contributed by atoms with Crippen molar-refractivity contribution in [3.8, 4) is 0 Å². The smallest absolute Gasteiger partial charge is 0.341 e. The van der Waals surface area contributed by atoms with Gasteiger partial charge in [0.05, 0.1) is 18.9 Å². The van der Waals surface area contributed by atoms with Gasteiger partial charge >= 0.3 is 6.03 Å². The van der Waals surface area contributed by atoms with Crippen LogP contribution in [0.25, 0.3) is 5.70 Å². The molecule has 1 aromatic carbocycles. The van der Waals surface area contributed by atoms with Crippen LogP contribution in [0, 0.1) is 5.41 Å². The van der Waals surface area contributed by atoms with Gasteiger partial charge in [-0.2, -0.15) is 4.99 Å². The molecule has 2 saturated heterocycles. The normalized spacial score (nSPS) is 21.4. The standard InChI is InChI=1S/C23H32N4O3/c1-23(2,3)20(21(28)27-12-7-8-13-27)26-22(29)25-18-11-14-30-15-17(18)19(24)16-9-5-4-6-10-16/h4-6,9-10,20H,7-8,11-15,24H2,1-3H3,(H,26,29)/t20-/m1/s1. The van der Waals surface area contributed by atoms with Crippen molar-refractivity contribution in [2.24, 2.45) is 16.1 Å². The predicted octanol–water partition coefficient (Wildman–Crippen LogP) is 2.96. The van der Waals surface area contributed by atoms with E-state index in [2.05, 4.69) is 10.3 Å². The number of nitrogens with two attached hydrogens (primary N) is 1. The Labute approximate surface area is 178 Å². The molecule has 7 heteroatoms. The van der Waals surface area contributed by atoms with Crippen molar-refractivity contribution in [1.29, 1.82) is 0 Å². The highest BCUT2D eigenvalue weighted by Gasteiger charge is 2.36. The van der Waals surface area contributed by atoms with Crippen LogP contribution in [0.4, 0.5) is 4.79 Å². The van der Waals surface area contributed by atoms with Crippen molar-refractivity contribution in [2.75, 3.05) is 26.3 Å². The number of nitrogens with zero attached hydrogens (tertiary/aromatic N) is 2. The molecule has 162 valence electrons. The molecular formula is C23H32N4O3. The third-order valence-corrected chi connectivity index (χ3v) is 5.52. The van der Waals surface area contributed by atoms with Crippen LogP contribution in [0.2, 0.25) is 0 Å². The Morgan fingerprint density at radius 2 is 1.83 bits per heavy atom. The number of urea groups is 1. The molecule has 2 aliphatic rings. The molecular weight excluding hydrogens is 380 g/mol. The van der Waals surface area contributed by atoms with E-state index in [9.17, 15) is 9.59 Å². The van der Waals surface area contributed by atoms with E-state index in [0.717, 1.165) is 37.1 Å². The molecule has 30 heavy (non-hydrogen) atoms. The Morgan fingerprint density at radius 1 is 1.17 bits per heavy atom. The predicted molar refractivity (Wildman–Crippen MR) is 118 cm³/mol. The Balaban J connectivity index is 1.82. The summed E-state index contributed by atoms with van der Waals surface area (Å²) in [5.74, 6) is -0.0416. The van der Waals surface area contributed by atoms with E-state index in [1.165, 1.54) is 0 Å². The molecule has 0 bridgehead atoms.